The van der Waals surface area contributed by atoms with E-state index in [1.165, 1.54) is 19.3 Å². The van der Waals surface area contributed by atoms with E-state index in [0.717, 1.165) is 18.9 Å². The Morgan fingerprint density at radius 2 is 2.00 bits per heavy atom. The van der Waals surface area contributed by atoms with E-state index in [1.807, 2.05) is 12.3 Å². The monoisotopic (exact) mass is 192 g/mol. The molecule has 1 aromatic rings. The van der Waals surface area contributed by atoms with Crippen molar-refractivity contribution in [2.75, 3.05) is 18.0 Å². The fraction of sp³-hybridized carbons (Fsp3) is 0.583. The van der Waals surface area contributed by atoms with Gasteiger partial charge in [-0.25, -0.2) is 4.98 Å². The Morgan fingerprint density at radius 3 is 2.57 bits per heavy atom. The Kier molecular flexibility index (Phi) is 5.05. The standard InChI is InChI=1S/C12H20N2/c1-3-5-11-14(10-4-2)12-8-6-7-9-13-12/h6-9H,3-5,10-11H2,1-2H3. The molecule has 0 N–H and O–H groups in total. The SMILES string of the molecule is CCCCN(CCC)c1ccccn1. The number of nitrogens with zero attached hydrogens (tertiary/aromatic N) is 2. The Morgan fingerprint density at radius 1 is 1.14 bits per heavy atom. The summed E-state index contributed by atoms with van der Waals surface area (Å²) in [5.41, 5.74) is 0. The van der Waals surface area contributed by atoms with Gasteiger partial charge in [-0.05, 0) is 25.0 Å². The summed E-state index contributed by atoms with van der Waals surface area (Å²) in [7, 11) is 0. The zero-order valence-electron chi connectivity index (χ0n) is 9.24. The zero-order valence-corrected chi connectivity index (χ0v) is 9.24. The number of aromatic nitrogens is 1. The van der Waals surface area contributed by atoms with E-state index < -0.39 is 0 Å². The molecule has 0 aliphatic heterocycles. The van der Waals surface area contributed by atoms with Crippen molar-refractivity contribution >= 4 is 5.82 Å². The first-order valence-electron chi connectivity index (χ1n) is 5.54. The number of hydrogen-bond donors (Lipinski definition) is 0. The predicted molar refractivity (Wildman–Crippen MR) is 61.6 cm³/mol. The molecule has 0 aromatic carbocycles. The third-order valence-electron chi connectivity index (χ3n) is 2.25. The van der Waals surface area contributed by atoms with Gasteiger partial charge >= 0.3 is 0 Å². The summed E-state index contributed by atoms with van der Waals surface area (Å²) in [4.78, 5) is 6.74. The topological polar surface area (TPSA) is 16.1 Å². The number of pyridine rings is 1. The van der Waals surface area contributed by atoms with Gasteiger partial charge in [0, 0.05) is 19.3 Å². The molecule has 14 heavy (non-hydrogen) atoms. The molecule has 1 heterocycles. The van der Waals surface area contributed by atoms with Crippen molar-refractivity contribution in [3.8, 4) is 0 Å². The smallest absolute Gasteiger partial charge is 0.128 e. The normalized spacial score (nSPS) is 10.1. The summed E-state index contributed by atoms with van der Waals surface area (Å²) in [6, 6.07) is 6.11. The van der Waals surface area contributed by atoms with Crippen molar-refractivity contribution < 1.29 is 0 Å². The molecule has 0 spiro atoms. The molecular formula is C12H20N2. The molecule has 0 fully saturated rings. The lowest BCUT2D eigenvalue weighted by atomic mass is 10.3. The van der Waals surface area contributed by atoms with Crippen LogP contribution in [0.25, 0.3) is 0 Å². The highest BCUT2D eigenvalue weighted by atomic mass is 15.2. The van der Waals surface area contributed by atoms with Crippen molar-refractivity contribution in [2.45, 2.75) is 33.1 Å². The van der Waals surface area contributed by atoms with Crippen molar-refractivity contribution in [1.82, 2.24) is 4.98 Å². The van der Waals surface area contributed by atoms with E-state index in [1.54, 1.807) is 0 Å². The van der Waals surface area contributed by atoms with E-state index in [4.69, 9.17) is 0 Å². The molecule has 0 aliphatic rings. The van der Waals surface area contributed by atoms with Crippen LogP contribution in [0.2, 0.25) is 0 Å². The van der Waals surface area contributed by atoms with Gasteiger partial charge in [0.15, 0.2) is 0 Å². The maximum atomic E-state index is 4.38. The fourth-order valence-corrected chi connectivity index (χ4v) is 1.50. The second-order valence-electron chi connectivity index (χ2n) is 3.53. The maximum absolute atomic E-state index is 4.38. The largest absolute Gasteiger partial charge is 0.357 e. The van der Waals surface area contributed by atoms with Crippen molar-refractivity contribution in [1.29, 1.82) is 0 Å². The van der Waals surface area contributed by atoms with Gasteiger partial charge in [-0.15, -0.1) is 0 Å². The van der Waals surface area contributed by atoms with E-state index >= 15 is 0 Å². The van der Waals surface area contributed by atoms with Crippen molar-refractivity contribution in [3.05, 3.63) is 24.4 Å². The average Bonchev–Trinajstić information content (AvgIpc) is 2.25. The third kappa shape index (κ3) is 3.36. The van der Waals surface area contributed by atoms with E-state index in [9.17, 15) is 0 Å². The molecule has 0 atom stereocenters. The zero-order chi connectivity index (χ0) is 10.2. The molecule has 1 rings (SSSR count). The van der Waals surface area contributed by atoms with Gasteiger partial charge in [-0.2, -0.15) is 0 Å². The fourth-order valence-electron chi connectivity index (χ4n) is 1.50. The van der Waals surface area contributed by atoms with Crippen LogP contribution in [0.5, 0.6) is 0 Å². The number of rotatable bonds is 6. The van der Waals surface area contributed by atoms with Gasteiger partial charge in [0.05, 0.1) is 0 Å². The van der Waals surface area contributed by atoms with Gasteiger partial charge in [-0.3, -0.25) is 0 Å². The highest BCUT2D eigenvalue weighted by Crippen LogP contribution is 2.10. The number of anilines is 1. The van der Waals surface area contributed by atoms with Crippen molar-refractivity contribution in [2.24, 2.45) is 0 Å². The summed E-state index contributed by atoms with van der Waals surface area (Å²) in [5.74, 6) is 1.11. The van der Waals surface area contributed by atoms with Gasteiger partial charge in [0.25, 0.3) is 0 Å². The molecule has 2 nitrogen and oxygen atoms in total. The number of unbranched alkanes of at least 4 members (excludes halogenated alkanes) is 1. The number of hydrogen-bond acceptors (Lipinski definition) is 2. The summed E-state index contributed by atoms with van der Waals surface area (Å²) in [6.07, 6.45) is 5.54. The summed E-state index contributed by atoms with van der Waals surface area (Å²) in [5, 5.41) is 0. The molecule has 78 valence electrons. The van der Waals surface area contributed by atoms with Gasteiger partial charge in [0.2, 0.25) is 0 Å². The van der Waals surface area contributed by atoms with Crippen LogP contribution >= 0.6 is 0 Å². The molecule has 0 saturated carbocycles. The lowest BCUT2D eigenvalue weighted by Crippen LogP contribution is -2.25. The second kappa shape index (κ2) is 6.41. The molecule has 0 saturated heterocycles. The van der Waals surface area contributed by atoms with Crippen LogP contribution in [0, 0.1) is 0 Å². The minimum atomic E-state index is 1.11. The molecule has 0 bridgehead atoms. The molecule has 2 heteroatoms. The average molecular weight is 192 g/mol. The van der Waals surface area contributed by atoms with Crippen LogP contribution in [0.4, 0.5) is 5.82 Å². The quantitative estimate of drug-likeness (QED) is 0.688. The second-order valence-corrected chi connectivity index (χ2v) is 3.53. The van der Waals surface area contributed by atoms with Crippen LogP contribution < -0.4 is 4.90 Å². The van der Waals surface area contributed by atoms with Crippen LogP contribution in [-0.4, -0.2) is 18.1 Å². The first-order chi connectivity index (χ1) is 6.88. The summed E-state index contributed by atoms with van der Waals surface area (Å²) >= 11 is 0. The molecule has 0 unspecified atom stereocenters. The third-order valence-corrected chi connectivity index (χ3v) is 2.25. The minimum Gasteiger partial charge on any atom is -0.357 e. The van der Waals surface area contributed by atoms with Crippen molar-refractivity contribution in [3.63, 3.8) is 0 Å². The van der Waals surface area contributed by atoms with E-state index in [0.29, 0.717) is 0 Å². The first-order valence-corrected chi connectivity index (χ1v) is 5.54. The predicted octanol–water partition coefficient (Wildman–Crippen LogP) is 3.10. The van der Waals surface area contributed by atoms with Crippen LogP contribution in [-0.2, 0) is 0 Å². The van der Waals surface area contributed by atoms with Crippen LogP contribution in [0.15, 0.2) is 24.4 Å². The maximum Gasteiger partial charge on any atom is 0.128 e. The highest BCUT2D eigenvalue weighted by molar-refractivity contribution is 5.37. The van der Waals surface area contributed by atoms with Crippen LogP contribution in [0.3, 0.4) is 0 Å². The Labute approximate surface area is 87.0 Å². The molecule has 0 amide bonds. The molecule has 0 radical (unpaired) electrons. The van der Waals surface area contributed by atoms with Gasteiger partial charge in [-0.1, -0.05) is 26.3 Å². The molecule has 0 aliphatic carbocycles. The first kappa shape index (κ1) is 11.0. The Hall–Kier alpha value is -1.05. The Bertz CT molecular complexity index is 233. The van der Waals surface area contributed by atoms with Gasteiger partial charge < -0.3 is 4.90 Å². The van der Waals surface area contributed by atoms with E-state index in [-0.39, 0.29) is 0 Å². The molecular weight excluding hydrogens is 172 g/mol. The Balaban J connectivity index is 2.58. The molecule has 1 aromatic heterocycles. The highest BCUT2D eigenvalue weighted by Gasteiger charge is 2.04. The minimum absolute atomic E-state index is 1.11. The van der Waals surface area contributed by atoms with E-state index in [2.05, 4.69) is 35.9 Å². The lowest BCUT2D eigenvalue weighted by Gasteiger charge is -2.22. The summed E-state index contributed by atoms with van der Waals surface area (Å²) in [6.45, 7) is 6.67. The van der Waals surface area contributed by atoms with Gasteiger partial charge in [0.1, 0.15) is 5.82 Å². The van der Waals surface area contributed by atoms with Crippen LogP contribution in [0.1, 0.15) is 33.1 Å². The lowest BCUT2D eigenvalue weighted by molar-refractivity contribution is 0.696. The summed E-state index contributed by atoms with van der Waals surface area (Å²) < 4.78 is 0.